The van der Waals surface area contributed by atoms with Crippen molar-refractivity contribution in [3.63, 3.8) is 0 Å². The minimum Gasteiger partial charge on any atom is -0.467 e. The molecule has 3 aromatic heterocycles. The number of nitrogens with one attached hydrogen (secondary N) is 1. The molecule has 3 rings (SSSR count). The highest BCUT2D eigenvalue weighted by atomic mass is 16.6. The van der Waals surface area contributed by atoms with Gasteiger partial charge >= 0.3 is 17.5 Å². The van der Waals surface area contributed by atoms with Gasteiger partial charge in [-0.3, -0.25) is 19.6 Å². The van der Waals surface area contributed by atoms with Crippen molar-refractivity contribution in [2.75, 3.05) is 0 Å². The number of rotatable bonds is 6. The minimum absolute atomic E-state index is 0.0444. The van der Waals surface area contributed by atoms with E-state index >= 15 is 0 Å². The molecular formula is C12H10N6O5. The monoisotopic (exact) mass is 318 g/mol. The molecule has 11 heteroatoms. The van der Waals surface area contributed by atoms with E-state index in [-0.39, 0.29) is 30.5 Å². The van der Waals surface area contributed by atoms with Gasteiger partial charge in [0.05, 0.1) is 17.7 Å². The van der Waals surface area contributed by atoms with Gasteiger partial charge < -0.3 is 14.3 Å². The fraction of sp³-hybridized carbons (Fsp3) is 0.167. The molecule has 0 spiro atoms. The zero-order valence-electron chi connectivity index (χ0n) is 11.6. The maximum absolute atomic E-state index is 11.8. The first-order valence-corrected chi connectivity index (χ1v) is 6.42. The zero-order valence-corrected chi connectivity index (χ0v) is 11.6. The van der Waals surface area contributed by atoms with E-state index < -0.39 is 10.8 Å². The maximum Gasteiger partial charge on any atom is 0.316 e. The molecule has 0 aliphatic rings. The van der Waals surface area contributed by atoms with Crippen molar-refractivity contribution < 1.29 is 18.7 Å². The number of carbonyl (C=O) groups excluding carboxylic acids is 1. The van der Waals surface area contributed by atoms with Gasteiger partial charge in [-0.25, -0.2) is 0 Å². The molecule has 0 bridgehead atoms. The van der Waals surface area contributed by atoms with Gasteiger partial charge in [-0.15, -0.1) is 0 Å². The molecule has 0 radical (unpaired) electrons. The summed E-state index contributed by atoms with van der Waals surface area (Å²) >= 11 is 0. The first-order chi connectivity index (χ1) is 11.1. The lowest BCUT2D eigenvalue weighted by Crippen LogP contribution is -2.22. The summed E-state index contributed by atoms with van der Waals surface area (Å²) in [7, 11) is 0. The van der Waals surface area contributed by atoms with Crippen LogP contribution >= 0.6 is 0 Å². The molecule has 118 valence electrons. The Morgan fingerprint density at radius 1 is 1.48 bits per heavy atom. The van der Waals surface area contributed by atoms with Gasteiger partial charge in [-0.1, -0.05) is 5.16 Å². The molecular weight excluding hydrogens is 308 g/mol. The molecule has 23 heavy (non-hydrogen) atoms. The predicted octanol–water partition coefficient (Wildman–Crippen LogP) is 0.746. The molecule has 1 N–H and O–H groups in total. The molecule has 0 aliphatic heterocycles. The van der Waals surface area contributed by atoms with E-state index in [2.05, 4.69) is 20.6 Å². The summed E-state index contributed by atoms with van der Waals surface area (Å²) in [5, 5.41) is 20.6. The Bertz CT molecular complexity index is 821. The first-order valence-electron chi connectivity index (χ1n) is 6.42. The van der Waals surface area contributed by atoms with Crippen molar-refractivity contribution in [1.29, 1.82) is 0 Å². The molecule has 0 saturated carbocycles. The van der Waals surface area contributed by atoms with Gasteiger partial charge in [0.25, 0.3) is 0 Å². The molecule has 0 unspecified atom stereocenters. The van der Waals surface area contributed by atoms with E-state index in [0.29, 0.717) is 5.76 Å². The fourth-order valence-corrected chi connectivity index (χ4v) is 1.74. The van der Waals surface area contributed by atoms with Gasteiger partial charge in [0.15, 0.2) is 5.82 Å². The maximum atomic E-state index is 11.8. The van der Waals surface area contributed by atoms with Crippen LogP contribution < -0.4 is 5.32 Å². The van der Waals surface area contributed by atoms with E-state index in [4.69, 9.17) is 8.94 Å². The summed E-state index contributed by atoms with van der Waals surface area (Å²) in [6, 6.07) is 3.42. The Labute approximate surface area is 128 Å². The number of nitro groups is 1. The van der Waals surface area contributed by atoms with E-state index in [1.54, 1.807) is 12.1 Å². The van der Waals surface area contributed by atoms with Gasteiger partial charge in [-0.2, -0.15) is 10.1 Å². The van der Waals surface area contributed by atoms with E-state index in [9.17, 15) is 14.9 Å². The number of aromatic nitrogens is 4. The lowest BCUT2D eigenvalue weighted by molar-refractivity contribution is -0.385. The number of carbonyl (C=O) groups is 1. The average Bonchev–Trinajstić information content (AvgIpc) is 3.27. The van der Waals surface area contributed by atoms with E-state index in [1.165, 1.54) is 17.1 Å². The fourth-order valence-electron chi connectivity index (χ4n) is 1.74. The van der Waals surface area contributed by atoms with Crippen molar-refractivity contribution in [1.82, 2.24) is 25.2 Å². The van der Waals surface area contributed by atoms with Crippen LogP contribution in [-0.2, 0) is 13.1 Å². The highest BCUT2D eigenvalue weighted by Crippen LogP contribution is 2.09. The molecule has 0 atom stereocenters. The van der Waals surface area contributed by atoms with Crippen molar-refractivity contribution in [3.05, 3.63) is 58.4 Å². The topological polar surface area (TPSA) is 142 Å². The average molecular weight is 318 g/mol. The number of hydrogen-bond acceptors (Lipinski definition) is 8. The number of amides is 1. The third-order valence-corrected chi connectivity index (χ3v) is 2.80. The van der Waals surface area contributed by atoms with Crippen LogP contribution in [0.1, 0.15) is 22.3 Å². The Kier molecular flexibility index (Phi) is 3.82. The van der Waals surface area contributed by atoms with Crippen LogP contribution in [0.4, 0.5) is 5.69 Å². The summed E-state index contributed by atoms with van der Waals surface area (Å²) in [6.45, 7) is 0.234. The third kappa shape index (κ3) is 3.40. The molecule has 11 nitrogen and oxygen atoms in total. The van der Waals surface area contributed by atoms with Crippen LogP contribution in [0.15, 0.2) is 39.7 Å². The summed E-state index contributed by atoms with van der Waals surface area (Å²) in [4.78, 5) is 25.8. The highest BCUT2D eigenvalue weighted by molar-refractivity contribution is 5.89. The molecule has 1 amide bonds. The van der Waals surface area contributed by atoms with Crippen molar-refractivity contribution in [2.45, 2.75) is 13.1 Å². The summed E-state index contributed by atoms with van der Waals surface area (Å²) in [5.74, 6) is -0.00658. The Morgan fingerprint density at radius 3 is 3.04 bits per heavy atom. The van der Waals surface area contributed by atoms with Crippen molar-refractivity contribution in [2.24, 2.45) is 0 Å². The van der Waals surface area contributed by atoms with Crippen molar-refractivity contribution >= 4 is 11.6 Å². The smallest absolute Gasteiger partial charge is 0.316 e. The Morgan fingerprint density at radius 2 is 2.35 bits per heavy atom. The normalized spacial score (nSPS) is 10.6. The number of furan rings is 1. The SMILES string of the molecule is O=C(NCc1ccco1)c1nc(Cn2cc([N+](=O)[O-])cn2)no1. The molecule has 3 aromatic rings. The summed E-state index contributed by atoms with van der Waals surface area (Å²) < 4.78 is 11.2. The molecule has 0 aromatic carbocycles. The van der Waals surface area contributed by atoms with Gasteiger partial charge in [0.1, 0.15) is 24.7 Å². The lowest BCUT2D eigenvalue weighted by atomic mass is 10.4. The van der Waals surface area contributed by atoms with Gasteiger partial charge in [0, 0.05) is 0 Å². The minimum atomic E-state index is -0.562. The number of nitrogens with zero attached hydrogens (tertiary/aromatic N) is 5. The van der Waals surface area contributed by atoms with Crippen LogP contribution in [0, 0.1) is 10.1 Å². The quantitative estimate of drug-likeness (QED) is 0.518. The molecule has 0 saturated heterocycles. The second-order valence-electron chi connectivity index (χ2n) is 4.43. The molecule has 3 heterocycles. The second-order valence-corrected chi connectivity index (χ2v) is 4.43. The zero-order chi connectivity index (χ0) is 16.2. The second kappa shape index (κ2) is 6.09. The lowest BCUT2D eigenvalue weighted by Gasteiger charge is -1.97. The predicted molar refractivity (Wildman–Crippen MR) is 72.2 cm³/mol. The van der Waals surface area contributed by atoms with Crippen LogP contribution in [-0.4, -0.2) is 30.8 Å². The van der Waals surface area contributed by atoms with Crippen LogP contribution in [0.25, 0.3) is 0 Å². The van der Waals surface area contributed by atoms with Gasteiger partial charge in [0.2, 0.25) is 0 Å². The van der Waals surface area contributed by atoms with Crippen LogP contribution in [0.2, 0.25) is 0 Å². The molecule has 0 fully saturated rings. The Hall–Kier alpha value is -3.50. The third-order valence-electron chi connectivity index (χ3n) is 2.80. The van der Waals surface area contributed by atoms with Crippen molar-refractivity contribution in [3.8, 4) is 0 Å². The van der Waals surface area contributed by atoms with Gasteiger partial charge in [-0.05, 0) is 12.1 Å². The summed E-state index contributed by atoms with van der Waals surface area (Å²) in [5.41, 5.74) is -0.148. The largest absolute Gasteiger partial charge is 0.467 e. The van der Waals surface area contributed by atoms with Crippen LogP contribution in [0.5, 0.6) is 0 Å². The highest BCUT2D eigenvalue weighted by Gasteiger charge is 2.16. The van der Waals surface area contributed by atoms with Crippen LogP contribution in [0.3, 0.4) is 0 Å². The van der Waals surface area contributed by atoms with E-state index in [0.717, 1.165) is 6.20 Å². The van der Waals surface area contributed by atoms with E-state index in [1.807, 2.05) is 0 Å². The summed E-state index contributed by atoms with van der Waals surface area (Å²) in [6.07, 6.45) is 3.83. The molecule has 0 aliphatic carbocycles. The first kappa shape index (κ1) is 14.4. The standard InChI is InChI=1S/C12H10N6O5/c19-11(13-5-9-2-1-3-22-9)12-15-10(16-23-12)7-17-6-8(4-14-17)18(20)21/h1-4,6H,5,7H2,(H,13,19). The number of hydrogen-bond donors (Lipinski definition) is 1. The Balaban J connectivity index is 1.60.